The molecule has 0 bridgehead atoms. The van der Waals surface area contributed by atoms with E-state index in [1.54, 1.807) is 6.20 Å². The predicted octanol–water partition coefficient (Wildman–Crippen LogP) is 10.00. The maximum Gasteiger partial charge on any atom is 0.219 e. The average molecular weight is 614 g/mol. The molecule has 0 spiro atoms. The summed E-state index contributed by atoms with van der Waals surface area (Å²) >= 11 is 0. The van der Waals surface area contributed by atoms with E-state index < -0.39 is 0 Å². The summed E-state index contributed by atoms with van der Waals surface area (Å²) in [6.07, 6.45) is 3.76. The molecular formula is C39H43N5O2. The van der Waals surface area contributed by atoms with Gasteiger partial charge in [0.25, 0.3) is 0 Å². The van der Waals surface area contributed by atoms with Gasteiger partial charge in [0.1, 0.15) is 11.5 Å². The first kappa shape index (κ1) is 31.1. The van der Waals surface area contributed by atoms with Crippen molar-refractivity contribution < 1.29 is 9.47 Å². The molecule has 0 saturated carbocycles. The van der Waals surface area contributed by atoms with Gasteiger partial charge < -0.3 is 9.47 Å². The van der Waals surface area contributed by atoms with Crippen molar-refractivity contribution in [2.75, 3.05) is 0 Å². The second-order valence-electron chi connectivity index (χ2n) is 14.1. The zero-order valence-electron chi connectivity index (χ0n) is 28.6. The van der Waals surface area contributed by atoms with Crippen molar-refractivity contribution in [3.63, 3.8) is 0 Å². The lowest BCUT2D eigenvalue weighted by atomic mass is 9.86. The van der Waals surface area contributed by atoms with Gasteiger partial charge in [-0.15, -0.1) is 0 Å². The Hall–Kier alpha value is -4.91. The second kappa shape index (κ2) is 11.5. The number of fused-ring (bicyclic) bond motifs is 1. The van der Waals surface area contributed by atoms with Crippen LogP contribution in [-0.4, -0.2) is 24.1 Å². The number of benzene rings is 2. The number of pyridine rings is 2. The third-order valence-electron chi connectivity index (χ3n) is 8.54. The number of imidazole rings is 1. The van der Waals surface area contributed by atoms with Crippen LogP contribution in [0.25, 0.3) is 22.5 Å². The van der Waals surface area contributed by atoms with Gasteiger partial charge in [-0.3, -0.25) is 4.40 Å². The van der Waals surface area contributed by atoms with E-state index in [-0.39, 0.29) is 10.8 Å². The topological polar surface area (TPSA) is 66.5 Å². The SMILES string of the molecule is Cc1nn(-c2cc(Oc3cc(Oc4cc(C(C)(C)C)ccn4)c4nc(C)c(C)n4c3)cc(C(C)(C)C)c2)c(C)c1-c1ccccc1. The van der Waals surface area contributed by atoms with E-state index >= 15 is 0 Å². The third kappa shape index (κ3) is 6.02. The number of aryl methyl sites for hydroxylation is 3. The van der Waals surface area contributed by atoms with E-state index in [1.807, 2.05) is 53.4 Å². The van der Waals surface area contributed by atoms with E-state index in [2.05, 4.69) is 103 Å². The summed E-state index contributed by atoms with van der Waals surface area (Å²) in [6.45, 7) is 21.4. The van der Waals surface area contributed by atoms with Crippen LogP contribution in [0.15, 0.2) is 79.1 Å². The Morgan fingerprint density at radius 2 is 1.39 bits per heavy atom. The highest BCUT2D eigenvalue weighted by atomic mass is 16.5. The molecular weight excluding hydrogens is 570 g/mol. The summed E-state index contributed by atoms with van der Waals surface area (Å²) in [6, 6.07) is 22.7. The molecule has 2 aromatic carbocycles. The molecule has 0 atom stereocenters. The molecule has 236 valence electrons. The molecule has 4 aromatic heterocycles. The lowest BCUT2D eigenvalue weighted by molar-refractivity contribution is 0.444. The minimum absolute atomic E-state index is 0.0368. The summed E-state index contributed by atoms with van der Waals surface area (Å²) in [5, 5.41) is 4.99. The average Bonchev–Trinajstić information content (AvgIpc) is 3.46. The minimum atomic E-state index is -0.119. The van der Waals surface area contributed by atoms with Gasteiger partial charge >= 0.3 is 0 Å². The van der Waals surface area contributed by atoms with Crippen molar-refractivity contribution >= 4 is 5.65 Å². The Kier molecular flexibility index (Phi) is 7.75. The number of aromatic nitrogens is 5. The van der Waals surface area contributed by atoms with Crippen molar-refractivity contribution in [3.05, 3.63) is 113 Å². The molecule has 6 aromatic rings. The monoisotopic (exact) mass is 613 g/mol. The number of rotatable bonds is 6. The minimum Gasteiger partial charge on any atom is -0.456 e. The highest BCUT2D eigenvalue weighted by molar-refractivity contribution is 5.69. The molecule has 6 rings (SSSR count). The quantitative estimate of drug-likeness (QED) is 0.187. The lowest BCUT2D eigenvalue weighted by Gasteiger charge is -2.22. The summed E-state index contributed by atoms with van der Waals surface area (Å²) in [4.78, 5) is 9.33. The van der Waals surface area contributed by atoms with Crippen molar-refractivity contribution in [1.82, 2.24) is 24.1 Å². The van der Waals surface area contributed by atoms with E-state index in [0.29, 0.717) is 28.8 Å². The van der Waals surface area contributed by atoms with Crippen molar-refractivity contribution in [3.8, 4) is 39.9 Å². The molecule has 0 unspecified atom stereocenters. The van der Waals surface area contributed by atoms with Gasteiger partial charge in [-0.25, -0.2) is 14.6 Å². The second-order valence-corrected chi connectivity index (χ2v) is 14.1. The number of nitrogens with zero attached hydrogens (tertiary/aromatic N) is 5. The first-order chi connectivity index (χ1) is 21.7. The van der Waals surface area contributed by atoms with Crippen molar-refractivity contribution in [2.24, 2.45) is 0 Å². The largest absolute Gasteiger partial charge is 0.456 e. The zero-order chi connectivity index (χ0) is 33.0. The van der Waals surface area contributed by atoms with E-state index in [1.165, 1.54) is 0 Å². The fourth-order valence-electron chi connectivity index (χ4n) is 5.74. The van der Waals surface area contributed by atoms with Gasteiger partial charge in [-0.05, 0) is 73.4 Å². The molecule has 0 fully saturated rings. The highest BCUT2D eigenvalue weighted by Gasteiger charge is 2.22. The number of hydrogen-bond donors (Lipinski definition) is 0. The van der Waals surface area contributed by atoms with Gasteiger partial charge in [-0.2, -0.15) is 5.10 Å². The zero-order valence-corrected chi connectivity index (χ0v) is 28.6. The normalized spacial score (nSPS) is 12.1. The molecule has 0 saturated heterocycles. The molecule has 0 aliphatic rings. The summed E-state index contributed by atoms with van der Waals surface area (Å²) in [5.74, 6) is 2.43. The predicted molar refractivity (Wildman–Crippen MR) is 185 cm³/mol. The summed E-state index contributed by atoms with van der Waals surface area (Å²) in [7, 11) is 0. The Bertz CT molecular complexity index is 2060. The van der Waals surface area contributed by atoms with Crippen LogP contribution in [0.3, 0.4) is 0 Å². The van der Waals surface area contributed by atoms with Crippen LogP contribution in [-0.2, 0) is 10.8 Å². The summed E-state index contributed by atoms with van der Waals surface area (Å²) in [5.41, 5.74) is 10.1. The smallest absolute Gasteiger partial charge is 0.219 e. The van der Waals surface area contributed by atoms with Gasteiger partial charge in [-0.1, -0.05) is 71.9 Å². The fraction of sp³-hybridized carbons (Fsp3) is 0.308. The fourth-order valence-corrected chi connectivity index (χ4v) is 5.74. The van der Waals surface area contributed by atoms with Crippen LogP contribution in [0.2, 0.25) is 0 Å². The van der Waals surface area contributed by atoms with Gasteiger partial charge in [0.15, 0.2) is 11.4 Å². The van der Waals surface area contributed by atoms with Gasteiger partial charge in [0, 0.05) is 41.3 Å². The molecule has 0 amide bonds. The molecule has 46 heavy (non-hydrogen) atoms. The Morgan fingerprint density at radius 3 is 2.09 bits per heavy atom. The maximum atomic E-state index is 6.68. The maximum absolute atomic E-state index is 6.68. The molecule has 0 aliphatic heterocycles. The lowest BCUT2D eigenvalue weighted by Crippen LogP contribution is -2.12. The standard InChI is InChI=1S/C39H43N5O2/c1-24-26(3)43-23-33(22-34(37(43)41-24)46-35-20-29(16-17-40-35)38(5,6)7)45-32-19-30(39(8,9)10)18-31(21-32)44-27(4)36(25(2)42-44)28-14-12-11-13-15-28/h11-23H,1-10H3. The number of hydrogen-bond acceptors (Lipinski definition) is 5. The van der Waals surface area contributed by atoms with E-state index in [4.69, 9.17) is 19.6 Å². The van der Waals surface area contributed by atoms with E-state index in [9.17, 15) is 0 Å². The molecule has 0 aliphatic carbocycles. The van der Waals surface area contributed by atoms with Gasteiger partial charge in [0.05, 0.1) is 23.3 Å². The van der Waals surface area contributed by atoms with Gasteiger partial charge in [0.2, 0.25) is 5.88 Å². The molecule has 7 heteroatoms. The highest BCUT2D eigenvalue weighted by Crippen LogP contribution is 2.37. The van der Waals surface area contributed by atoms with Crippen LogP contribution in [0.1, 0.15) is 75.4 Å². The summed E-state index contributed by atoms with van der Waals surface area (Å²) < 4.78 is 17.2. The van der Waals surface area contributed by atoms with Crippen LogP contribution in [0.4, 0.5) is 0 Å². The van der Waals surface area contributed by atoms with Crippen LogP contribution in [0, 0.1) is 27.7 Å². The van der Waals surface area contributed by atoms with Crippen molar-refractivity contribution in [2.45, 2.75) is 80.1 Å². The first-order valence-corrected chi connectivity index (χ1v) is 15.8. The van der Waals surface area contributed by atoms with E-state index in [0.717, 1.165) is 50.7 Å². The Balaban J connectivity index is 1.44. The molecule has 4 heterocycles. The Labute approximate surface area is 271 Å². The molecule has 0 N–H and O–H groups in total. The third-order valence-corrected chi connectivity index (χ3v) is 8.54. The van der Waals surface area contributed by atoms with Crippen LogP contribution >= 0.6 is 0 Å². The molecule has 7 nitrogen and oxygen atoms in total. The first-order valence-electron chi connectivity index (χ1n) is 15.8. The van der Waals surface area contributed by atoms with Crippen LogP contribution < -0.4 is 9.47 Å². The van der Waals surface area contributed by atoms with Crippen LogP contribution in [0.5, 0.6) is 23.1 Å². The molecule has 0 radical (unpaired) electrons. The number of ether oxygens (including phenoxy) is 2. The van der Waals surface area contributed by atoms with Crippen molar-refractivity contribution in [1.29, 1.82) is 0 Å². The Morgan fingerprint density at radius 1 is 0.674 bits per heavy atom.